The van der Waals surface area contributed by atoms with Gasteiger partial charge in [0.1, 0.15) is 17.6 Å². The van der Waals surface area contributed by atoms with E-state index in [1.165, 1.54) is 6.07 Å². The van der Waals surface area contributed by atoms with Crippen LogP contribution in [0.4, 0.5) is 5.82 Å². The summed E-state index contributed by atoms with van der Waals surface area (Å²) in [5.74, 6) is -0.268. The van der Waals surface area contributed by atoms with Crippen LogP contribution in [-0.4, -0.2) is 46.0 Å². The van der Waals surface area contributed by atoms with Crippen molar-refractivity contribution in [1.82, 2.24) is 20.4 Å². The van der Waals surface area contributed by atoms with Gasteiger partial charge in [0.2, 0.25) is 5.91 Å². The highest BCUT2D eigenvalue weighted by atomic mass is 16.2. The maximum atomic E-state index is 11.9. The molecule has 7 nitrogen and oxygen atoms in total. The smallest absolute Gasteiger partial charge is 0.270 e. The van der Waals surface area contributed by atoms with Gasteiger partial charge in [0.25, 0.3) is 5.91 Å². The molecular weight excluding hydrogens is 234 g/mol. The Morgan fingerprint density at radius 2 is 2.11 bits per heavy atom. The summed E-state index contributed by atoms with van der Waals surface area (Å²) < 4.78 is 0. The summed E-state index contributed by atoms with van der Waals surface area (Å²) in [6.45, 7) is 6.68. The number of H-pyrrole nitrogens is 1. The Hall–Kier alpha value is -2.05. The second-order valence-electron chi connectivity index (χ2n) is 3.91. The minimum atomic E-state index is -0.582. The first-order valence-electron chi connectivity index (χ1n) is 5.90. The fourth-order valence-corrected chi connectivity index (χ4v) is 1.60. The molecule has 1 unspecified atom stereocenters. The van der Waals surface area contributed by atoms with Crippen LogP contribution in [0.25, 0.3) is 0 Å². The average Bonchev–Trinajstić information content (AvgIpc) is 2.77. The van der Waals surface area contributed by atoms with Crippen LogP contribution in [0.3, 0.4) is 0 Å². The number of nitrogens with one attached hydrogen (secondary N) is 2. The van der Waals surface area contributed by atoms with Crippen molar-refractivity contribution in [3.05, 3.63) is 11.8 Å². The number of hydrogen-bond donors (Lipinski definition) is 3. The lowest BCUT2D eigenvalue weighted by molar-refractivity contribution is -0.132. The van der Waals surface area contributed by atoms with E-state index < -0.39 is 11.9 Å². The summed E-state index contributed by atoms with van der Waals surface area (Å²) in [6.07, 6.45) is 0. The molecule has 18 heavy (non-hydrogen) atoms. The second-order valence-corrected chi connectivity index (χ2v) is 3.91. The van der Waals surface area contributed by atoms with Crippen molar-refractivity contribution in [1.29, 1.82) is 0 Å². The van der Waals surface area contributed by atoms with E-state index in [0.29, 0.717) is 13.1 Å². The fourth-order valence-electron chi connectivity index (χ4n) is 1.60. The van der Waals surface area contributed by atoms with Crippen LogP contribution in [-0.2, 0) is 4.79 Å². The number of aromatic amines is 1. The van der Waals surface area contributed by atoms with Gasteiger partial charge in [0, 0.05) is 19.2 Å². The predicted octanol–water partition coefficient (Wildman–Crippen LogP) is -0.0214. The molecule has 0 radical (unpaired) electrons. The largest absolute Gasteiger partial charge is 0.382 e. The summed E-state index contributed by atoms with van der Waals surface area (Å²) in [5, 5.41) is 8.75. The van der Waals surface area contributed by atoms with Crippen molar-refractivity contribution in [3.63, 3.8) is 0 Å². The van der Waals surface area contributed by atoms with Crippen LogP contribution in [0.5, 0.6) is 0 Å². The van der Waals surface area contributed by atoms with Gasteiger partial charge in [-0.05, 0) is 20.8 Å². The zero-order valence-corrected chi connectivity index (χ0v) is 10.9. The number of nitrogens with two attached hydrogens (primary N) is 1. The van der Waals surface area contributed by atoms with E-state index in [9.17, 15) is 9.59 Å². The molecule has 0 aliphatic heterocycles. The van der Waals surface area contributed by atoms with Crippen LogP contribution in [0.1, 0.15) is 31.3 Å². The summed E-state index contributed by atoms with van der Waals surface area (Å²) >= 11 is 0. The number of nitrogen functional groups attached to an aromatic ring is 1. The Kier molecular flexibility index (Phi) is 4.70. The number of anilines is 1. The SMILES string of the molecule is CCN(CC)C(=O)C(C)NC(=O)c1cc(N)n[nH]1. The highest BCUT2D eigenvalue weighted by Gasteiger charge is 2.21. The number of nitrogens with zero attached hydrogens (tertiary/aromatic N) is 2. The molecule has 0 saturated carbocycles. The average molecular weight is 253 g/mol. The van der Waals surface area contributed by atoms with Crippen LogP contribution in [0, 0.1) is 0 Å². The van der Waals surface area contributed by atoms with E-state index in [1.54, 1.807) is 11.8 Å². The normalized spacial score (nSPS) is 11.9. The number of aromatic nitrogens is 2. The monoisotopic (exact) mass is 253 g/mol. The molecule has 7 heteroatoms. The van der Waals surface area contributed by atoms with Gasteiger partial charge in [-0.3, -0.25) is 14.7 Å². The Morgan fingerprint density at radius 1 is 1.50 bits per heavy atom. The molecule has 4 N–H and O–H groups in total. The summed E-state index contributed by atoms with van der Waals surface area (Å²) in [7, 11) is 0. The third kappa shape index (κ3) is 3.22. The molecule has 1 heterocycles. The van der Waals surface area contributed by atoms with Gasteiger partial charge in [-0.15, -0.1) is 0 Å². The van der Waals surface area contributed by atoms with Crippen molar-refractivity contribution >= 4 is 17.6 Å². The molecule has 0 aliphatic rings. The van der Waals surface area contributed by atoms with Crippen LogP contribution >= 0.6 is 0 Å². The lowest BCUT2D eigenvalue weighted by Gasteiger charge is -2.23. The molecule has 2 amide bonds. The molecule has 0 aromatic carbocycles. The molecule has 0 fully saturated rings. The number of carbonyl (C=O) groups is 2. The van der Waals surface area contributed by atoms with E-state index in [2.05, 4.69) is 15.5 Å². The molecule has 0 bridgehead atoms. The summed E-state index contributed by atoms with van der Waals surface area (Å²) in [4.78, 5) is 25.4. The molecule has 0 aliphatic carbocycles. The fraction of sp³-hybridized carbons (Fsp3) is 0.545. The zero-order valence-electron chi connectivity index (χ0n) is 10.9. The molecular formula is C11H19N5O2. The topological polar surface area (TPSA) is 104 Å². The van der Waals surface area contributed by atoms with Crippen LogP contribution in [0.2, 0.25) is 0 Å². The highest BCUT2D eigenvalue weighted by Crippen LogP contribution is 2.01. The lowest BCUT2D eigenvalue weighted by atomic mass is 10.2. The predicted molar refractivity (Wildman–Crippen MR) is 67.9 cm³/mol. The Balaban J connectivity index is 2.62. The van der Waals surface area contributed by atoms with Crippen molar-refractivity contribution in [2.75, 3.05) is 18.8 Å². The summed E-state index contributed by atoms with van der Waals surface area (Å²) in [6, 6.07) is 0.839. The van der Waals surface area contributed by atoms with Crippen LogP contribution in [0.15, 0.2) is 6.07 Å². The molecule has 1 atom stereocenters. The van der Waals surface area contributed by atoms with E-state index in [1.807, 2.05) is 13.8 Å². The van der Waals surface area contributed by atoms with Crippen LogP contribution < -0.4 is 11.1 Å². The number of rotatable bonds is 5. The van der Waals surface area contributed by atoms with E-state index in [-0.39, 0.29) is 17.4 Å². The van der Waals surface area contributed by atoms with E-state index in [0.717, 1.165) is 0 Å². The van der Waals surface area contributed by atoms with Gasteiger partial charge in [-0.2, -0.15) is 5.10 Å². The first-order chi connectivity index (χ1) is 8.49. The van der Waals surface area contributed by atoms with Gasteiger partial charge in [0.15, 0.2) is 0 Å². The molecule has 1 aromatic heterocycles. The zero-order chi connectivity index (χ0) is 13.7. The van der Waals surface area contributed by atoms with Crippen molar-refractivity contribution in [3.8, 4) is 0 Å². The van der Waals surface area contributed by atoms with Gasteiger partial charge < -0.3 is 16.0 Å². The maximum absolute atomic E-state index is 11.9. The highest BCUT2D eigenvalue weighted by molar-refractivity contribution is 5.96. The molecule has 0 saturated heterocycles. The minimum absolute atomic E-state index is 0.110. The second kappa shape index (κ2) is 6.04. The van der Waals surface area contributed by atoms with Crippen molar-refractivity contribution in [2.45, 2.75) is 26.8 Å². The third-order valence-corrected chi connectivity index (χ3v) is 2.64. The number of hydrogen-bond acceptors (Lipinski definition) is 4. The van der Waals surface area contributed by atoms with E-state index in [4.69, 9.17) is 5.73 Å². The maximum Gasteiger partial charge on any atom is 0.270 e. The Bertz CT molecular complexity index is 425. The van der Waals surface area contributed by atoms with Gasteiger partial charge in [-0.1, -0.05) is 0 Å². The first-order valence-corrected chi connectivity index (χ1v) is 5.90. The van der Waals surface area contributed by atoms with Gasteiger partial charge >= 0.3 is 0 Å². The summed E-state index contributed by atoms with van der Waals surface area (Å²) in [5.41, 5.74) is 5.64. The lowest BCUT2D eigenvalue weighted by Crippen LogP contribution is -2.46. The van der Waals surface area contributed by atoms with Gasteiger partial charge in [-0.25, -0.2) is 0 Å². The third-order valence-electron chi connectivity index (χ3n) is 2.64. The van der Waals surface area contributed by atoms with Crippen molar-refractivity contribution < 1.29 is 9.59 Å². The van der Waals surface area contributed by atoms with Gasteiger partial charge in [0.05, 0.1) is 0 Å². The molecule has 0 spiro atoms. The minimum Gasteiger partial charge on any atom is -0.382 e. The van der Waals surface area contributed by atoms with E-state index >= 15 is 0 Å². The standard InChI is InChI=1S/C11H19N5O2/c1-4-16(5-2)11(18)7(3)13-10(17)8-6-9(12)15-14-8/h6-7H,4-5H2,1-3H3,(H,13,17)(H3,12,14,15). The molecule has 1 rings (SSSR count). The number of carbonyl (C=O) groups excluding carboxylic acids is 2. The quantitative estimate of drug-likeness (QED) is 0.685. The Morgan fingerprint density at radius 3 is 2.56 bits per heavy atom. The number of amides is 2. The first kappa shape index (κ1) is 14.0. The molecule has 100 valence electrons. The number of likely N-dealkylation sites (N-methyl/N-ethyl adjacent to an activating group) is 1. The molecule has 1 aromatic rings. The van der Waals surface area contributed by atoms with Crippen molar-refractivity contribution in [2.24, 2.45) is 0 Å². The Labute approximate surface area is 106 Å².